The lowest BCUT2D eigenvalue weighted by Crippen LogP contribution is -2.20. The van der Waals surface area contributed by atoms with Gasteiger partial charge in [-0.2, -0.15) is 0 Å². The van der Waals surface area contributed by atoms with E-state index in [0.29, 0.717) is 12.3 Å². The van der Waals surface area contributed by atoms with Crippen LogP contribution in [0.3, 0.4) is 0 Å². The van der Waals surface area contributed by atoms with E-state index in [9.17, 15) is 4.39 Å². The molecule has 0 bridgehead atoms. The average Bonchev–Trinajstić information content (AvgIpc) is 3.09. The van der Waals surface area contributed by atoms with Gasteiger partial charge in [-0.05, 0) is 18.9 Å². The first-order valence-electron chi connectivity index (χ1n) is 5.29. The van der Waals surface area contributed by atoms with Gasteiger partial charge in [-0.25, -0.2) is 4.39 Å². The van der Waals surface area contributed by atoms with E-state index >= 15 is 0 Å². The lowest BCUT2D eigenvalue weighted by Gasteiger charge is -2.18. The van der Waals surface area contributed by atoms with Crippen LogP contribution in [-0.4, -0.2) is 20.8 Å². The lowest BCUT2D eigenvalue weighted by molar-refractivity contribution is 0.368. The van der Waals surface area contributed by atoms with E-state index in [0.717, 1.165) is 18.4 Å². The van der Waals surface area contributed by atoms with Crippen molar-refractivity contribution >= 4 is 0 Å². The van der Waals surface area contributed by atoms with Gasteiger partial charge in [0.1, 0.15) is 5.75 Å². The van der Waals surface area contributed by atoms with E-state index in [1.165, 1.54) is 13.2 Å². The van der Waals surface area contributed by atoms with Gasteiger partial charge in [-0.1, -0.05) is 0 Å². The second kappa shape index (κ2) is 3.94. The molecule has 1 aliphatic carbocycles. The van der Waals surface area contributed by atoms with Crippen LogP contribution in [0, 0.1) is 5.82 Å². The van der Waals surface area contributed by atoms with Crippen molar-refractivity contribution in [2.45, 2.75) is 18.3 Å². The number of nitrogens with two attached hydrogens (primary N) is 1. The fourth-order valence-electron chi connectivity index (χ4n) is 2.01. The molecule has 0 radical (unpaired) electrons. The van der Waals surface area contributed by atoms with Crippen LogP contribution in [0.4, 0.5) is 4.39 Å². The van der Waals surface area contributed by atoms with Crippen LogP contribution < -0.4 is 15.2 Å². The number of rotatable bonds is 4. The van der Waals surface area contributed by atoms with Crippen LogP contribution in [0.1, 0.15) is 18.4 Å². The standard InChI is InChI=1S/C12H16FNO2/c1-15-10-6-11(16-2)9(13)5-8(10)12(7-14)3-4-12/h5-6H,3-4,7,14H2,1-2H3. The third-order valence-corrected chi connectivity index (χ3v) is 3.29. The second-order valence-corrected chi connectivity index (χ2v) is 4.17. The van der Waals surface area contributed by atoms with Crippen LogP contribution in [-0.2, 0) is 5.41 Å². The van der Waals surface area contributed by atoms with Crippen molar-refractivity contribution in [1.29, 1.82) is 0 Å². The van der Waals surface area contributed by atoms with E-state index in [1.54, 1.807) is 13.2 Å². The van der Waals surface area contributed by atoms with Gasteiger partial charge in [0, 0.05) is 23.6 Å². The molecule has 1 aliphatic rings. The second-order valence-electron chi connectivity index (χ2n) is 4.17. The predicted octanol–water partition coefficient (Wildman–Crippen LogP) is 1.83. The summed E-state index contributed by atoms with van der Waals surface area (Å²) in [5.74, 6) is 0.493. The Morgan fingerprint density at radius 1 is 1.25 bits per heavy atom. The molecule has 0 aromatic heterocycles. The zero-order valence-corrected chi connectivity index (χ0v) is 9.55. The van der Waals surface area contributed by atoms with Crippen LogP contribution in [0.15, 0.2) is 12.1 Å². The number of hydrogen-bond donors (Lipinski definition) is 1. The number of benzene rings is 1. The smallest absolute Gasteiger partial charge is 0.165 e. The first-order valence-corrected chi connectivity index (χ1v) is 5.29. The highest BCUT2D eigenvalue weighted by molar-refractivity contribution is 5.48. The van der Waals surface area contributed by atoms with E-state index in [4.69, 9.17) is 15.2 Å². The average molecular weight is 225 g/mol. The Labute approximate surface area is 94.3 Å². The highest BCUT2D eigenvalue weighted by Crippen LogP contribution is 2.51. The van der Waals surface area contributed by atoms with Gasteiger partial charge in [0.25, 0.3) is 0 Å². The molecular weight excluding hydrogens is 209 g/mol. The van der Waals surface area contributed by atoms with Crippen molar-refractivity contribution < 1.29 is 13.9 Å². The fourth-order valence-corrected chi connectivity index (χ4v) is 2.01. The molecule has 1 aromatic rings. The summed E-state index contributed by atoms with van der Waals surface area (Å²) in [6.45, 7) is 0.523. The maximum atomic E-state index is 13.6. The largest absolute Gasteiger partial charge is 0.496 e. The number of methoxy groups -OCH3 is 2. The minimum absolute atomic E-state index is 0.0849. The van der Waals surface area contributed by atoms with Gasteiger partial charge in [-0.3, -0.25) is 0 Å². The van der Waals surface area contributed by atoms with Gasteiger partial charge < -0.3 is 15.2 Å². The predicted molar refractivity (Wildman–Crippen MR) is 59.5 cm³/mol. The molecule has 0 saturated heterocycles. The molecule has 0 spiro atoms. The monoisotopic (exact) mass is 225 g/mol. The number of hydrogen-bond acceptors (Lipinski definition) is 3. The Bertz CT molecular complexity index is 402. The molecule has 0 aliphatic heterocycles. The highest BCUT2D eigenvalue weighted by atomic mass is 19.1. The van der Waals surface area contributed by atoms with Crippen LogP contribution in [0.5, 0.6) is 11.5 Å². The van der Waals surface area contributed by atoms with Crippen molar-refractivity contribution in [3.63, 3.8) is 0 Å². The minimum atomic E-state index is -0.363. The molecule has 2 rings (SSSR count). The molecule has 0 heterocycles. The van der Waals surface area contributed by atoms with E-state index in [1.807, 2.05) is 0 Å². The molecule has 1 saturated carbocycles. The quantitative estimate of drug-likeness (QED) is 0.850. The Kier molecular flexibility index (Phi) is 2.76. The van der Waals surface area contributed by atoms with E-state index in [-0.39, 0.29) is 17.0 Å². The first-order chi connectivity index (χ1) is 7.66. The molecule has 0 unspecified atom stereocenters. The van der Waals surface area contributed by atoms with Crippen molar-refractivity contribution in [3.8, 4) is 11.5 Å². The molecule has 1 aromatic carbocycles. The highest BCUT2D eigenvalue weighted by Gasteiger charge is 2.45. The van der Waals surface area contributed by atoms with Gasteiger partial charge in [0.05, 0.1) is 14.2 Å². The molecule has 1 fully saturated rings. The Morgan fingerprint density at radius 2 is 1.88 bits per heavy atom. The topological polar surface area (TPSA) is 44.5 Å². The molecular formula is C12H16FNO2. The summed E-state index contributed by atoms with van der Waals surface area (Å²) in [6.07, 6.45) is 1.98. The minimum Gasteiger partial charge on any atom is -0.496 e. The molecule has 4 heteroatoms. The SMILES string of the molecule is COc1cc(OC)c(C2(CN)CC2)cc1F. The Balaban J connectivity index is 2.48. The van der Waals surface area contributed by atoms with E-state index in [2.05, 4.69) is 0 Å². The van der Waals surface area contributed by atoms with Crippen LogP contribution in [0.25, 0.3) is 0 Å². The van der Waals surface area contributed by atoms with Crippen molar-refractivity contribution in [3.05, 3.63) is 23.5 Å². The van der Waals surface area contributed by atoms with Gasteiger partial charge in [0.2, 0.25) is 0 Å². The number of halogens is 1. The third-order valence-electron chi connectivity index (χ3n) is 3.29. The summed E-state index contributed by atoms with van der Waals surface area (Å²) < 4.78 is 23.8. The first kappa shape index (κ1) is 11.2. The molecule has 3 nitrogen and oxygen atoms in total. The van der Waals surface area contributed by atoms with Crippen molar-refractivity contribution in [2.75, 3.05) is 20.8 Å². The maximum Gasteiger partial charge on any atom is 0.165 e. The van der Waals surface area contributed by atoms with E-state index < -0.39 is 0 Å². The summed E-state index contributed by atoms with van der Waals surface area (Å²) in [6, 6.07) is 3.07. The molecule has 2 N–H and O–H groups in total. The molecule has 0 atom stereocenters. The van der Waals surface area contributed by atoms with Crippen LogP contribution in [0.2, 0.25) is 0 Å². The Morgan fingerprint density at radius 3 is 2.31 bits per heavy atom. The maximum absolute atomic E-state index is 13.6. The lowest BCUT2D eigenvalue weighted by atomic mass is 9.95. The summed E-state index contributed by atoms with van der Waals surface area (Å²) in [7, 11) is 3.01. The summed E-state index contributed by atoms with van der Waals surface area (Å²) in [4.78, 5) is 0. The summed E-state index contributed by atoms with van der Waals surface area (Å²) >= 11 is 0. The van der Waals surface area contributed by atoms with Crippen molar-refractivity contribution in [2.24, 2.45) is 5.73 Å². The molecule has 16 heavy (non-hydrogen) atoms. The van der Waals surface area contributed by atoms with Crippen LogP contribution >= 0.6 is 0 Å². The number of ether oxygens (including phenoxy) is 2. The zero-order chi connectivity index (χ0) is 11.8. The summed E-state index contributed by atoms with van der Waals surface area (Å²) in [5.41, 5.74) is 6.51. The normalized spacial score (nSPS) is 17.0. The van der Waals surface area contributed by atoms with Gasteiger partial charge in [-0.15, -0.1) is 0 Å². The van der Waals surface area contributed by atoms with Crippen molar-refractivity contribution in [1.82, 2.24) is 0 Å². The Hall–Kier alpha value is -1.29. The third kappa shape index (κ3) is 1.63. The summed E-state index contributed by atoms with van der Waals surface area (Å²) in [5, 5.41) is 0. The molecule has 88 valence electrons. The zero-order valence-electron chi connectivity index (χ0n) is 9.55. The molecule has 0 amide bonds. The van der Waals surface area contributed by atoms with Gasteiger partial charge >= 0.3 is 0 Å². The fraction of sp³-hybridized carbons (Fsp3) is 0.500. The van der Waals surface area contributed by atoms with Gasteiger partial charge in [0.15, 0.2) is 11.6 Å².